The average Bonchev–Trinajstić information content (AvgIpc) is 3.03. The average molecular weight is 438 g/mol. The van der Waals surface area contributed by atoms with Crippen LogP contribution in [-0.4, -0.2) is 16.8 Å². The molecule has 2 aromatic carbocycles. The van der Waals surface area contributed by atoms with Crippen LogP contribution < -0.4 is 4.74 Å². The molecule has 5 nitrogen and oxygen atoms in total. The van der Waals surface area contributed by atoms with Crippen LogP contribution in [0.25, 0.3) is 16.5 Å². The fourth-order valence-corrected chi connectivity index (χ4v) is 5.26. The van der Waals surface area contributed by atoms with Gasteiger partial charge in [-0.1, -0.05) is 42.4 Å². The van der Waals surface area contributed by atoms with Crippen molar-refractivity contribution in [3.8, 4) is 5.75 Å². The summed E-state index contributed by atoms with van der Waals surface area (Å²) in [6.45, 7) is 7.87. The number of rotatable bonds is 5. The summed E-state index contributed by atoms with van der Waals surface area (Å²) in [4.78, 5) is 2.90. The highest BCUT2D eigenvalue weighted by atomic mass is 16.5. The summed E-state index contributed by atoms with van der Waals surface area (Å²) >= 11 is 0. The normalized spacial score (nSPS) is 18.3. The molecule has 1 aliphatic carbocycles. The van der Waals surface area contributed by atoms with E-state index in [4.69, 9.17) is 10.3 Å². The summed E-state index contributed by atoms with van der Waals surface area (Å²) in [5, 5.41) is 3.73. The van der Waals surface area contributed by atoms with Crippen LogP contribution in [-0.2, 0) is 5.41 Å². The number of benzene rings is 2. The van der Waals surface area contributed by atoms with Crippen LogP contribution in [0.5, 0.6) is 5.75 Å². The number of allylic oxidation sites excluding steroid dienone is 4. The third kappa shape index (κ3) is 3.69. The zero-order chi connectivity index (χ0) is 23.0. The zero-order valence-corrected chi connectivity index (χ0v) is 19.5. The van der Waals surface area contributed by atoms with E-state index in [-0.39, 0.29) is 5.41 Å². The molecule has 0 saturated heterocycles. The van der Waals surface area contributed by atoms with E-state index in [0.717, 1.165) is 49.3 Å². The molecule has 3 aliphatic rings. The fourth-order valence-electron chi connectivity index (χ4n) is 5.26. The van der Waals surface area contributed by atoms with Gasteiger partial charge in [0.05, 0.1) is 5.41 Å². The van der Waals surface area contributed by atoms with Gasteiger partial charge in [-0.25, -0.2) is 0 Å². The first kappa shape index (κ1) is 21.3. The molecule has 0 N–H and O–H groups in total. The molecular formula is C28H29N4O+. The van der Waals surface area contributed by atoms with Crippen LogP contribution in [0.15, 0.2) is 76.6 Å². The monoisotopic (exact) mass is 437 g/mol. The molecule has 0 atom stereocenters. The SMILES string of the molecule is CCC[N+]1=C(/C=C/C2=C3Oc4cc(N=[N+]=[N-])ccc4C=C3CCC2)C(C)(C)c2ccccc21. The second kappa shape index (κ2) is 8.42. The van der Waals surface area contributed by atoms with Gasteiger partial charge in [-0.15, -0.1) is 0 Å². The van der Waals surface area contributed by atoms with E-state index in [1.54, 1.807) is 0 Å². The maximum absolute atomic E-state index is 8.77. The third-order valence-corrected chi connectivity index (χ3v) is 6.86. The van der Waals surface area contributed by atoms with Crippen molar-refractivity contribution in [3.63, 3.8) is 0 Å². The molecule has 2 heterocycles. The molecule has 0 amide bonds. The van der Waals surface area contributed by atoms with Crippen molar-refractivity contribution in [2.45, 2.75) is 51.9 Å². The first-order valence-electron chi connectivity index (χ1n) is 11.8. The predicted molar refractivity (Wildman–Crippen MR) is 133 cm³/mol. The van der Waals surface area contributed by atoms with Gasteiger partial charge in [-0.3, -0.25) is 0 Å². The van der Waals surface area contributed by atoms with Gasteiger partial charge in [0, 0.05) is 40.3 Å². The lowest BCUT2D eigenvalue weighted by Crippen LogP contribution is -2.28. The Morgan fingerprint density at radius 1 is 1.15 bits per heavy atom. The lowest BCUT2D eigenvalue weighted by atomic mass is 9.81. The number of hydrogen-bond donors (Lipinski definition) is 0. The van der Waals surface area contributed by atoms with E-state index < -0.39 is 0 Å². The van der Waals surface area contributed by atoms with Crippen molar-refractivity contribution in [1.82, 2.24) is 0 Å². The van der Waals surface area contributed by atoms with Gasteiger partial charge in [0.25, 0.3) is 0 Å². The van der Waals surface area contributed by atoms with Crippen molar-refractivity contribution >= 4 is 23.2 Å². The van der Waals surface area contributed by atoms with Crippen LogP contribution in [0.2, 0.25) is 0 Å². The van der Waals surface area contributed by atoms with Gasteiger partial charge in [0.1, 0.15) is 18.1 Å². The van der Waals surface area contributed by atoms with Gasteiger partial charge < -0.3 is 4.74 Å². The van der Waals surface area contributed by atoms with Crippen LogP contribution in [0, 0.1) is 0 Å². The van der Waals surface area contributed by atoms with Crippen LogP contribution >= 0.6 is 0 Å². The molecule has 33 heavy (non-hydrogen) atoms. The Hall–Kier alpha value is -3.56. The molecule has 0 fully saturated rings. The van der Waals surface area contributed by atoms with Crippen molar-refractivity contribution in [3.05, 3.63) is 93.1 Å². The Morgan fingerprint density at radius 3 is 2.82 bits per heavy atom. The molecule has 5 rings (SSSR count). The molecule has 0 spiro atoms. The predicted octanol–water partition coefficient (Wildman–Crippen LogP) is 7.88. The Kier molecular flexibility index (Phi) is 5.43. The minimum absolute atomic E-state index is 0.0505. The molecule has 0 unspecified atom stereocenters. The van der Waals surface area contributed by atoms with Gasteiger partial charge in [-0.2, -0.15) is 4.58 Å². The smallest absolute Gasteiger partial charge is 0.209 e. The van der Waals surface area contributed by atoms with E-state index in [0.29, 0.717) is 5.69 Å². The van der Waals surface area contributed by atoms with Crippen LogP contribution in [0.4, 0.5) is 11.4 Å². The fraction of sp³-hybridized carbons (Fsp3) is 0.321. The van der Waals surface area contributed by atoms with E-state index in [9.17, 15) is 0 Å². The van der Waals surface area contributed by atoms with Crippen LogP contribution in [0.1, 0.15) is 57.6 Å². The Labute approximate surface area is 195 Å². The van der Waals surface area contributed by atoms with Crippen LogP contribution in [0.3, 0.4) is 0 Å². The molecule has 0 aromatic heterocycles. The van der Waals surface area contributed by atoms with Gasteiger partial charge in [0.15, 0.2) is 5.71 Å². The van der Waals surface area contributed by atoms with Gasteiger partial charge in [0.2, 0.25) is 5.69 Å². The highest BCUT2D eigenvalue weighted by Gasteiger charge is 2.43. The zero-order valence-electron chi connectivity index (χ0n) is 19.5. The lowest BCUT2D eigenvalue weighted by Gasteiger charge is -2.26. The molecule has 166 valence electrons. The summed E-state index contributed by atoms with van der Waals surface area (Å²) in [6, 6.07) is 14.4. The summed E-state index contributed by atoms with van der Waals surface area (Å²) in [5.41, 5.74) is 16.8. The second-order valence-electron chi connectivity index (χ2n) is 9.40. The number of para-hydroxylation sites is 1. The van der Waals surface area contributed by atoms with Crippen molar-refractivity contribution < 1.29 is 9.31 Å². The van der Waals surface area contributed by atoms with Crippen molar-refractivity contribution in [2.75, 3.05) is 6.54 Å². The highest BCUT2D eigenvalue weighted by molar-refractivity contribution is 6.03. The quantitative estimate of drug-likeness (QED) is 0.203. The maximum Gasteiger partial charge on any atom is 0.209 e. The Balaban J connectivity index is 1.55. The standard InChI is InChI=1S/C28H29N4O/c1-4-16-32-24-11-6-5-10-23(24)28(2,3)26(32)15-13-19-8-7-9-21-17-20-12-14-22(30-31-29)18-25(20)33-27(19)21/h5-6,10-15,17-18H,4,7-9,16H2,1-3H3/q+1/b15-13+. The Bertz CT molecular complexity index is 1300. The molecule has 0 saturated carbocycles. The number of fused-ring (bicyclic) bond motifs is 3. The summed E-state index contributed by atoms with van der Waals surface area (Å²) in [6.07, 6.45) is 11.0. The maximum atomic E-state index is 8.77. The number of nitrogens with zero attached hydrogens (tertiary/aromatic N) is 4. The van der Waals surface area contributed by atoms with E-state index in [2.05, 4.69) is 77.9 Å². The first-order chi connectivity index (χ1) is 16.0. The largest absolute Gasteiger partial charge is 0.456 e. The number of hydrogen-bond acceptors (Lipinski definition) is 2. The number of ether oxygens (including phenoxy) is 1. The molecular weight excluding hydrogens is 408 g/mol. The first-order valence-corrected chi connectivity index (χ1v) is 11.8. The minimum Gasteiger partial charge on any atom is -0.456 e. The van der Waals surface area contributed by atoms with Gasteiger partial charge in [-0.05, 0) is 68.0 Å². The molecule has 5 heteroatoms. The minimum atomic E-state index is -0.0505. The number of azide groups is 1. The second-order valence-corrected chi connectivity index (χ2v) is 9.40. The molecule has 2 aromatic rings. The molecule has 0 radical (unpaired) electrons. The third-order valence-electron chi connectivity index (χ3n) is 6.86. The summed E-state index contributed by atoms with van der Waals surface area (Å²) in [5.74, 6) is 1.71. The van der Waals surface area contributed by atoms with Gasteiger partial charge >= 0.3 is 0 Å². The lowest BCUT2D eigenvalue weighted by molar-refractivity contribution is -0.437. The van der Waals surface area contributed by atoms with E-state index >= 15 is 0 Å². The van der Waals surface area contributed by atoms with E-state index in [1.165, 1.54) is 28.1 Å². The molecule has 2 aliphatic heterocycles. The van der Waals surface area contributed by atoms with E-state index in [1.807, 2.05) is 18.2 Å². The molecule has 0 bridgehead atoms. The van der Waals surface area contributed by atoms with Crippen molar-refractivity contribution in [2.24, 2.45) is 5.11 Å². The topological polar surface area (TPSA) is 61.0 Å². The Morgan fingerprint density at radius 2 is 2.00 bits per heavy atom. The summed E-state index contributed by atoms with van der Waals surface area (Å²) in [7, 11) is 0. The highest BCUT2D eigenvalue weighted by Crippen LogP contribution is 2.42. The van der Waals surface area contributed by atoms with Crippen molar-refractivity contribution in [1.29, 1.82) is 0 Å². The summed E-state index contributed by atoms with van der Waals surface area (Å²) < 4.78 is 8.86.